The molecule has 0 saturated heterocycles. The number of rotatable bonds is 6. The number of fused-ring (bicyclic) bond motifs is 3. The van der Waals surface area contributed by atoms with Crippen LogP contribution in [0.1, 0.15) is 31.4 Å². The number of aliphatic carboxylic acids is 1. The van der Waals surface area contributed by atoms with Gasteiger partial charge in [-0.2, -0.15) is 0 Å². The smallest absolute Gasteiger partial charge is 0.339 e. The third-order valence-corrected chi connectivity index (χ3v) is 4.56. The molecule has 1 atom stereocenters. The van der Waals surface area contributed by atoms with Crippen molar-refractivity contribution in [3.63, 3.8) is 0 Å². The van der Waals surface area contributed by atoms with Crippen LogP contribution >= 0.6 is 0 Å². The molecule has 26 heavy (non-hydrogen) atoms. The Morgan fingerprint density at radius 3 is 2.69 bits per heavy atom. The first-order valence-electron chi connectivity index (χ1n) is 8.60. The van der Waals surface area contributed by atoms with Gasteiger partial charge in [0.25, 0.3) is 5.91 Å². The Kier molecular flexibility index (Phi) is 4.97. The van der Waals surface area contributed by atoms with Crippen molar-refractivity contribution in [1.29, 1.82) is 0 Å². The molecule has 0 radical (unpaired) electrons. The maximum absolute atomic E-state index is 12.0. The van der Waals surface area contributed by atoms with Crippen molar-refractivity contribution in [3.05, 3.63) is 39.7 Å². The van der Waals surface area contributed by atoms with Crippen molar-refractivity contribution in [3.8, 4) is 5.75 Å². The van der Waals surface area contributed by atoms with Gasteiger partial charge in [0, 0.05) is 17.0 Å². The van der Waals surface area contributed by atoms with Crippen molar-refractivity contribution in [2.45, 2.75) is 39.2 Å². The van der Waals surface area contributed by atoms with Gasteiger partial charge in [0.1, 0.15) is 17.4 Å². The fraction of sp³-hybridized carbons (Fsp3) is 0.421. The number of hydrogen-bond acceptors (Lipinski definition) is 5. The zero-order chi connectivity index (χ0) is 18.8. The van der Waals surface area contributed by atoms with Gasteiger partial charge in [0.2, 0.25) is 0 Å². The SMILES string of the molecule is CC(C)C(NC(=O)COc1ccc2c3c(c(=O)oc2c1)CCC3)C(=O)O. The topological polar surface area (TPSA) is 106 Å². The highest BCUT2D eigenvalue weighted by Crippen LogP contribution is 2.29. The molecule has 7 nitrogen and oxygen atoms in total. The number of benzene rings is 1. The molecule has 1 heterocycles. The first-order chi connectivity index (χ1) is 12.4. The number of carbonyl (C=O) groups is 2. The second kappa shape index (κ2) is 7.19. The van der Waals surface area contributed by atoms with Crippen LogP contribution in [0.25, 0.3) is 11.0 Å². The quantitative estimate of drug-likeness (QED) is 0.763. The van der Waals surface area contributed by atoms with Crippen LogP contribution in [0, 0.1) is 5.92 Å². The van der Waals surface area contributed by atoms with E-state index in [1.807, 2.05) is 6.07 Å². The first kappa shape index (κ1) is 18.0. The molecule has 1 aliphatic carbocycles. The molecule has 3 rings (SSSR count). The number of hydrogen-bond donors (Lipinski definition) is 2. The lowest BCUT2D eigenvalue weighted by Crippen LogP contribution is -2.46. The number of ether oxygens (including phenoxy) is 1. The number of carbonyl (C=O) groups excluding carboxylic acids is 1. The number of nitrogens with one attached hydrogen (secondary N) is 1. The van der Waals surface area contributed by atoms with Gasteiger partial charge in [0.15, 0.2) is 6.61 Å². The summed E-state index contributed by atoms with van der Waals surface area (Å²) in [5.41, 5.74) is 1.89. The maximum Gasteiger partial charge on any atom is 0.339 e. The molecule has 1 unspecified atom stereocenters. The summed E-state index contributed by atoms with van der Waals surface area (Å²) in [5.74, 6) is -1.48. The summed E-state index contributed by atoms with van der Waals surface area (Å²) < 4.78 is 10.8. The van der Waals surface area contributed by atoms with Gasteiger partial charge in [-0.3, -0.25) is 4.79 Å². The average Bonchev–Trinajstić information content (AvgIpc) is 3.07. The van der Waals surface area contributed by atoms with Gasteiger partial charge < -0.3 is 19.6 Å². The minimum Gasteiger partial charge on any atom is -0.484 e. The monoisotopic (exact) mass is 359 g/mol. The average molecular weight is 359 g/mol. The molecule has 2 N–H and O–H groups in total. The molecule has 138 valence electrons. The van der Waals surface area contributed by atoms with Crippen molar-refractivity contribution < 1.29 is 23.8 Å². The lowest BCUT2D eigenvalue weighted by atomic mass is 10.1. The minimum atomic E-state index is -1.09. The molecule has 0 spiro atoms. The van der Waals surface area contributed by atoms with E-state index in [1.54, 1.807) is 26.0 Å². The molecule has 0 saturated carbocycles. The van der Waals surface area contributed by atoms with E-state index in [1.165, 1.54) is 0 Å². The van der Waals surface area contributed by atoms with Gasteiger partial charge in [-0.05, 0) is 42.9 Å². The summed E-state index contributed by atoms with van der Waals surface area (Å²) in [6.45, 7) is 3.10. The van der Waals surface area contributed by atoms with Crippen molar-refractivity contribution in [2.75, 3.05) is 6.61 Å². The van der Waals surface area contributed by atoms with Gasteiger partial charge in [-0.1, -0.05) is 13.8 Å². The molecule has 0 fully saturated rings. The lowest BCUT2D eigenvalue weighted by Gasteiger charge is -2.18. The molecular weight excluding hydrogens is 338 g/mol. The Labute approximate surface area is 150 Å². The number of amides is 1. The summed E-state index contributed by atoms with van der Waals surface area (Å²) >= 11 is 0. The normalized spacial score (nSPS) is 14.3. The van der Waals surface area contributed by atoms with Gasteiger partial charge >= 0.3 is 11.6 Å². The summed E-state index contributed by atoms with van der Waals surface area (Å²) in [5, 5.41) is 12.4. The zero-order valence-electron chi connectivity index (χ0n) is 14.7. The zero-order valence-corrected chi connectivity index (χ0v) is 14.7. The van der Waals surface area contributed by atoms with Crippen molar-refractivity contribution in [1.82, 2.24) is 5.32 Å². The predicted octanol–water partition coefficient (Wildman–Crippen LogP) is 1.89. The van der Waals surface area contributed by atoms with Gasteiger partial charge in [-0.15, -0.1) is 0 Å². The molecule has 0 bridgehead atoms. The van der Waals surface area contributed by atoms with E-state index in [0.29, 0.717) is 11.3 Å². The largest absolute Gasteiger partial charge is 0.484 e. The molecule has 1 aromatic heterocycles. The van der Waals surface area contributed by atoms with Crippen molar-refractivity contribution >= 4 is 22.8 Å². The summed E-state index contributed by atoms with van der Waals surface area (Å²) in [4.78, 5) is 35.1. The third-order valence-electron chi connectivity index (χ3n) is 4.56. The Morgan fingerprint density at radius 1 is 1.27 bits per heavy atom. The fourth-order valence-corrected chi connectivity index (χ4v) is 3.23. The van der Waals surface area contributed by atoms with Crippen LogP contribution in [0.5, 0.6) is 5.75 Å². The highest BCUT2D eigenvalue weighted by atomic mass is 16.5. The molecule has 1 aliphatic rings. The fourth-order valence-electron chi connectivity index (χ4n) is 3.23. The van der Waals surface area contributed by atoms with E-state index in [0.717, 1.165) is 35.8 Å². The number of aryl methyl sites for hydroxylation is 1. The van der Waals surface area contributed by atoms with Crippen molar-refractivity contribution in [2.24, 2.45) is 5.92 Å². The standard InChI is InChI=1S/C19H21NO6/c1-10(2)17(18(22)23)20-16(21)9-25-11-6-7-13-12-4-3-5-14(12)19(24)26-15(13)8-11/h6-8,10,17H,3-5,9H2,1-2H3,(H,20,21)(H,22,23). The van der Waals surface area contributed by atoms with E-state index in [-0.39, 0.29) is 18.2 Å². The van der Waals surface area contributed by atoms with Crippen LogP contribution in [-0.2, 0) is 22.4 Å². The molecule has 1 aromatic carbocycles. The Morgan fingerprint density at radius 2 is 2.00 bits per heavy atom. The van der Waals surface area contributed by atoms with Gasteiger partial charge in [-0.25, -0.2) is 9.59 Å². The first-order valence-corrected chi connectivity index (χ1v) is 8.60. The van der Waals surface area contributed by atoms with E-state index in [2.05, 4.69) is 5.32 Å². The second-order valence-corrected chi connectivity index (χ2v) is 6.77. The lowest BCUT2D eigenvalue weighted by molar-refractivity contribution is -0.143. The predicted molar refractivity (Wildman–Crippen MR) is 94.4 cm³/mol. The summed E-state index contributed by atoms with van der Waals surface area (Å²) in [6.07, 6.45) is 2.54. The van der Waals surface area contributed by atoms with Crippen LogP contribution in [0.4, 0.5) is 0 Å². The van der Waals surface area contributed by atoms with Crippen LogP contribution in [-0.4, -0.2) is 29.6 Å². The molecular formula is C19H21NO6. The molecule has 1 amide bonds. The Balaban J connectivity index is 1.72. The summed E-state index contributed by atoms with van der Waals surface area (Å²) in [7, 11) is 0. The van der Waals surface area contributed by atoms with E-state index >= 15 is 0 Å². The number of carboxylic acids is 1. The van der Waals surface area contributed by atoms with E-state index in [9.17, 15) is 14.4 Å². The Hall–Kier alpha value is -2.83. The number of carboxylic acid groups (broad SMARTS) is 1. The molecule has 0 aliphatic heterocycles. The minimum absolute atomic E-state index is 0.242. The molecule has 7 heteroatoms. The highest BCUT2D eigenvalue weighted by molar-refractivity contribution is 5.85. The van der Waals surface area contributed by atoms with Crippen LogP contribution in [0.2, 0.25) is 0 Å². The van der Waals surface area contributed by atoms with Crippen LogP contribution in [0.15, 0.2) is 27.4 Å². The van der Waals surface area contributed by atoms with Crippen LogP contribution < -0.4 is 15.7 Å². The van der Waals surface area contributed by atoms with Crippen LogP contribution in [0.3, 0.4) is 0 Å². The van der Waals surface area contributed by atoms with E-state index < -0.39 is 17.9 Å². The maximum atomic E-state index is 12.0. The van der Waals surface area contributed by atoms with E-state index in [4.69, 9.17) is 14.3 Å². The highest BCUT2D eigenvalue weighted by Gasteiger charge is 2.23. The molecule has 2 aromatic rings. The van der Waals surface area contributed by atoms with Gasteiger partial charge in [0.05, 0.1) is 0 Å². The Bertz CT molecular complexity index is 914. The third kappa shape index (κ3) is 3.56. The summed E-state index contributed by atoms with van der Waals surface area (Å²) in [6, 6.07) is 4.15. The second-order valence-electron chi connectivity index (χ2n) is 6.77.